The first-order valence-electron chi connectivity index (χ1n) is 10.3. The molecule has 4 rings (SSSR count). The van der Waals surface area contributed by atoms with Crippen LogP contribution in [-0.4, -0.2) is 42.6 Å². The minimum Gasteiger partial charge on any atom is -0.493 e. The molecule has 1 N–H and O–H groups in total. The second-order valence-electron chi connectivity index (χ2n) is 7.70. The van der Waals surface area contributed by atoms with E-state index in [0.29, 0.717) is 30.4 Å². The number of fused-ring (bicyclic) bond motifs is 1. The molecule has 1 amide bonds. The first kappa shape index (κ1) is 19.4. The molecule has 2 heterocycles. The van der Waals surface area contributed by atoms with Crippen LogP contribution in [0.4, 0.5) is 0 Å². The number of para-hydroxylation sites is 1. The zero-order valence-electron chi connectivity index (χ0n) is 17.1. The number of aromatic amines is 1. The zero-order chi connectivity index (χ0) is 20.2. The normalized spacial score (nSPS) is 14.9. The van der Waals surface area contributed by atoms with Gasteiger partial charge in [0.15, 0.2) is 11.5 Å². The maximum atomic E-state index is 12.6. The Bertz CT molecular complexity index is 987. The third-order valence-corrected chi connectivity index (χ3v) is 5.80. The van der Waals surface area contributed by atoms with E-state index in [1.54, 1.807) is 7.11 Å². The molecule has 1 aliphatic rings. The topological polar surface area (TPSA) is 54.6 Å². The molecule has 2 aromatic carbocycles. The first-order chi connectivity index (χ1) is 14.2. The van der Waals surface area contributed by atoms with Crippen molar-refractivity contribution in [3.63, 3.8) is 0 Å². The molecule has 1 aliphatic heterocycles. The minimum atomic E-state index is 0.161. The second kappa shape index (κ2) is 8.60. The lowest BCUT2D eigenvalue weighted by Gasteiger charge is -2.32. The molecule has 1 aromatic heterocycles. The lowest BCUT2D eigenvalue weighted by Crippen LogP contribution is -2.38. The Hall–Kier alpha value is -2.95. The summed E-state index contributed by atoms with van der Waals surface area (Å²) in [4.78, 5) is 18.0. The van der Waals surface area contributed by atoms with Crippen molar-refractivity contribution in [3.05, 3.63) is 59.8 Å². The molecule has 3 aromatic rings. The van der Waals surface area contributed by atoms with E-state index >= 15 is 0 Å². The number of likely N-dealkylation sites (tertiary alicyclic amines) is 1. The van der Waals surface area contributed by atoms with Gasteiger partial charge in [0.1, 0.15) is 0 Å². The van der Waals surface area contributed by atoms with Crippen LogP contribution in [0.2, 0.25) is 0 Å². The van der Waals surface area contributed by atoms with Crippen molar-refractivity contribution in [2.75, 3.05) is 26.8 Å². The van der Waals surface area contributed by atoms with Crippen molar-refractivity contribution in [2.24, 2.45) is 0 Å². The van der Waals surface area contributed by atoms with Gasteiger partial charge in [-0.05, 0) is 55.0 Å². The molecule has 5 nitrogen and oxygen atoms in total. The van der Waals surface area contributed by atoms with Crippen LogP contribution in [0.15, 0.2) is 48.7 Å². The monoisotopic (exact) mass is 392 g/mol. The van der Waals surface area contributed by atoms with Gasteiger partial charge < -0.3 is 19.4 Å². The molecule has 29 heavy (non-hydrogen) atoms. The number of benzene rings is 2. The van der Waals surface area contributed by atoms with E-state index in [1.165, 1.54) is 16.5 Å². The van der Waals surface area contributed by atoms with Crippen molar-refractivity contribution in [3.8, 4) is 11.5 Å². The fraction of sp³-hybridized carbons (Fsp3) is 0.375. The standard InChI is InChI=1S/C24H28N2O3/c1-17-7-8-22(23(15-17)28-2)29-14-11-24(27)26-12-9-18(10-13-26)20-16-25-21-6-4-3-5-19(20)21/h3-8,15-16,18,25H,9-14H2,1-2H3. The summed E-state index contributed by atoms with van der Waals surface area (Å²) < 4.78 is 11.2. The maximum absolute atomic E-state index is 12.6. The highest BCUT2D eigenvalue weighted by molar-refractivity contribution is 5.83. The SMILES string of the molecule is COc1cc(C)ccc1OCCC(=O)N1CCC(c2c[nH]c3ccccc23)CC1. The van der Waals surface area contributed by atoms with Crippen LogP contribution in [0.5, 0.6) is 11.5 Å². The molecular formula is C24H28N2O3. The number of aromatic nitrogens is 1. The van der Waals surface area contributed by atoms with E-state index in [9.17, 15) is 4.79 Å². The van der Waals surface area contributed by atoms with Gasteiger partial charge in [-0.1, -0.05) is 24.3 Å². The largest absolute Gasteiger partial charge is 0.493 e. The number of carbonyl (C=O) groups excluding carboxylic acids is 1. The first-order valence-corrected chi connectivity index (χ1v) is 10.3. The molecule has 0 radical (unpaired) electrons. The Morgan fingerprint density at radius 2 is 1.93 bits per heavy atom. The van der Waals surface area contributed by atoms with Crippen LogP contribution in [-0.2, 0) is 4.79 Å². The minimum absolute atomic E-state index is 0.161. The number of H-pyrrole nitrogens is 1. The maximum Gasteiger partial charge on any atom is 0.225 e. The molecule has 5 heteroatoms. The summed E-state index contributed by atoms with van der Waals surface area (Å²) in [6, 6.07) is 14.2. The number of nitrogens with one attached hydrogen (secondary N) is 1. The van der Waals surface area contributed by atoms with Crippen LogP contribution >= 0.6 is 0 Å². The van der Waals surface area contributed by atoms with Crippen LogP contribution in [0.25, 0.3) is 10.9 Å². The average Bonchev–Trinajstić information content (AvgIpc) is 3.19. The van der Waals surface area contributed by atoms with Gasteiger partial charge in [-0.3, -0.25) is 4.79 Å². The highest BCUT2D eigenvalue weighted by atomic mass is 16.5. The van der Waals surface area contributed by atoms with E-state index in [0.717, 1.165) is 31.5 Å². The van der Waals surface area contributed by atoms with Gasteiger partial charge in [-0.25, -0.2) is 0 Å². The number of methoxy groups -OCH3 is 1. The Balaban J connectivity index is 1.28. The number of hydrogen-bond acceptors (Lipinski definition) is 3. The van der Waals surface area contributed by atoms with Gasteiger partial charge in [0.25, 0.3) is 0 Å². The van der Waals surface area contributed by atoms with E-state index in [1.807, 2.05) is 30.0 Å². The summed E-state index contributed by atoms with van der Waals surface area (Å²) in [7, 11) is 1.63. The molecule has 0 bridgehead atoms. The fourth-order valence-electron chi connectivity index (χ4n) is 4.17. The van der Waals surface area contributed by atoms with Gasteiger partial charge >= 0.3 is 0 Å². The summed E-state index contributed by atoms with van der Waals surface area (Å²) in [6.45, 7) is 3.98. The van der Waals surface area contributed by atoms with Crippen molar-refractivity contribution >= 4 is 16.8 Å². The fourth-order valence-corrected chi connectivity index (χ4v) is 4.17. The number of piperidine rings is 1. The van der Waals surface area contributed by atoms with Gasteiger partial charge in [0, 0.05) is 30.2 Å². The van der Waals surface area contributed by atoms with E-state index in [2.05, 4.69) is 35.4 Å². The third kappa shape index (κ3) is 4.24. The van der Waals surface area contributed by atoms with Gasteiger partial charge in [0.2, 0.25) is 5.91 Å². The number of amides is 1. The Labute approximate surface area is 171 Å². The van der Waals surface area contributed by atoms with Crippen LogP contribution in [0.1, 0.15) is 36.3 Å². The van der Waals surface area contributed by atoms with Crippen molar-refractivity contribution in [1.82, 2.24) is 9.88 Å². The van der Waals surface area contributed by atoms with Gasteiger partial charge in [-0.15, -0.1) is 0 Å². The third-order valence-electron chi connectivity index (χ3n) is 5.80. The summed E-state index contributed by atoms with van der Waals surface area (Å²) in [5, 5.41) is 1.30. The highest BCUT2D eigenvalue weighted by Crippen LogP contribution is 2.33. The Kier molecular flexibility index (Phi) is 5.74. The predicted molar refractivity (Wildman–Crippen MR) is 115 cm³/mol. The lowest BCUT2D eigenvalue weighted by atomic mass is 9.89. The molecule has 0 aliphatic carbocycles. The van der Waals surface area contributed by atoms with Crippen LogP contribution in [0.3, 0.4) is 0 Å². The Morgan fingerprint density at radius 3 is 2.72 bits per heavy atom. The average molecular weight is 392 g/mol. The zero-order valence-corrected chi connectivity index (χ0v) is 17.1. The number of hydrogen-bond donors (Lipinski definition) is 1. The number of ether oxygens (including phenoxy) is 2. The molecule has 0 saturated carbocycles. The van der Waals surface area contributed by atoms with Crippen LogP contribution in [0, 0.1) is 6.92 Å². The highest BCUT2D eigenvalue weighted by Gasteiger charge is 2.25. The molecular weight excluding hydrogens is 364 g/mol. The number of rotatable bonds is 6. The van der Waals surface area contributed by atoms with Crippen molar-refractivity contribution in [1.29, 1.82) is 0 Å². The van der Waals surface area contributed by atoms with E-state index < -0.39 is 0 Å². The number of nitrogens with zero attached hydrogens (tertiary/aromatic N) is 1. The molecule has 1 fully saturated rings. The van der Waals surface area contributed by atoms with Crippen LogP contribution < -0.4 is 9.47 Å². The number of aryl methyl sites for hydroxylation is 1. The van der Waals surface area contributed by atoms with Crippen molar-refractivity contribution in [2.45, 2.75) is 32.1 Å². The second-order valence-corrected chi connectivity index (χ2v) is 7.70. The number of carbonyl (C=O) groups is 1. The van der Waals surface area contributed by atoms with E-state index in [-0.39, 0.29) is 5.91 Å². The predicted octanol–water partition coefficient (Wildman–Crippen LogP) is 4.66. The van der Waals surface area contributed by atoms with Gasteiger partial charge in [-0.2, -0.15) is 0 Å². The van der Waals surface area contributed by atoms with Gasteiger partial charge in [0.05, 0.1) is 20.1 Å². The quantitative estimate of drug-likeness (QED) is 0.664. The lowest BCUT2D eigenvalue weighted by molar-refractivity contribution is -0.132. The van der Waals surface area contributed by atoms with E-state index in [4.69, 9.17) is 9.47 Å². The summed E-state index contributed by atoms with van der Waals surface area (Å²) in [5.41, 5.74) is 3.68. The summed E-state index contributed by atoms with van der Waals surface area (Å²) in [5.74, 6) is 2.05. The molecule has 0 unspecified atom stereocenters. The smallest absolute Gasteiger partial charge is 0.225 e. The van der Waals surface area contributed by atoms with Crippen molar-refractivity contribution < 1.29 is 14.3 Å². The summed E-state index contributed by atoms with van der Waals surface area (Å²) >= 11 is 0. The molecule has 0 atom stereocenters. The molecule has 1 saturated heterocycles. The molecule has 152 valence electrons. The summed E-state index contributed by atoms with van der Waals surface area (Å²) in [6.07, 6.45) is 4.52. The molecule has 0 spiro atoms. The Morgan fingerprint density at radius 1 is 1.14 bits per heavy atom.